The van der Waals surface area contributed by atoms with Crippen molar-refractivity contribution in [2.75, 3.05) is 7.11 Å². The van der Waals surface area contributed by atoms with E-state index in [0.29, 0.717) is 0 Å². The Morgan fingerprint density at radius 3 is 2.36 bits per heavy atom. The summed E-state index contributed by atoms with van der Waals surface area (Å²) in [5.41, 5.74) is 0. The SMILES string of the molecule is COc1ncc([Si](C)(C)C)s1. The molecule has 2 nitrogen and oxygen atoms in total. The summed E-state index contributed by atoms with van der Waals surface area (Å²) in [4.78, 5) is 4.13. The van der Waals surface area contributed by atoms with Crippen LogP contribution in [0.4, 0.5) is 0 Å². The highest BCUT2D eigenvalue weighted by molar-refractivity contribution is 7.27. The normalized spacial score (nSPS) is 11.6. The lowest BCUT2D eigenvalue weighted by molar-refractivity contribution is 0.412. The van der Waals surface area contributed by atoms with E-state index in [4.69, 9.17) is 4.74 Å². The lowest BCUT2D eigenvalue weighted by Crippen LogP contribution is -2.34. The largest absolute Gasteiger partial charge is 0.473 e. The van der Waals surface area contributed by atoms with Crippen molar-refractivity contribution in [1.82, 2.24) is 4.98 Å². The predicted octanol–water partition coefficient (Wildman–Crippen LogP) is 1.70. The van der Waals surface area contributed by atoms with E-state index in [1.807, 2.05) is 6.20 Å². The van der Waals surface area contributed by atoms with E-state index in [-0.39, 0.29) is 0 Å². The number of nitrogens with zero attached hydrogens (tertiary/aromatic N) is 1. The third-order valence-electron chi connectivity index (χ3n) is 1.40. The average Bonchev–Trinajstić information content (AvgIpc) is 2.32. The third kappa shape index (κ3) is 2.04. The molecule has 0 atom stereocenters. The van der Waals surface area contributed by atoms with Crippen LogP contribution in [0.15, 0.2) is 6.20 Å². The molecule has 1 aromatic heterocycles. The van der Waals surface area contributed by atoms with Crippen molar-refractivity contribution in [3.05, 3.63) is 6.20 Å². The van der Waals surface area contributed by atoms with Gasteiger partial charge in [-0.2, -0.15) is 0 Å². The molecule has 1 rings (SSSR count). The molecule has 0 saturated heterocycles. The Labute approximate surface area is 72.2 Å². The Kier molecular flexibility index (Phi) is 2.34. The van der Waals surface area contributed by atoms with Gasteiger partial charge in [0.15, 0.2) is 0 Å². The number of hydrogen-bond donors (Lipinski definition) is 0. The second-order valence-electron chi connectivity index (χ2n) is 3.44. The van der Waals surface area contributed by atoms with Crippen molar-refractivity contribution in [1.29, 1.82) is 0 Å². The molecular formula is C7H13NOSSi. The minimum Gasteiger partial charge on any atom is -0.473 e. The summed E-state index contributed by atoms with van der Waals surface area (Å²) in [5.74, 6) is 0. The van der Waals surface area contributed by atoms with Gasteiger partial charge in [-0.15, -0.1) is 0 Å². The number of hydrogen-bond acceptors (Lipinski definition) is 3. The van der Waals surface area contributed by atoms with E-state index in [1.165, 1.54) is 4.50 Å². The molecule has 0 amide bonds. The summed E-state index contributed by atoms with van der Waals surface area (Å²) < 4.78 is 6.42. The van der Waals surface area contributed by atoms with Gasteiger partial charge in [-0.3, -0.25) is 0 Å². The van der Waals surface area contributed by atoms with Crippen molar-refractivity contribution in [3.63, 3.8) is 0 Å². The Morgan fingerprint density at radius 1 is 1.45 bits per heavy atom. The number of thiazole rings is 1. The zero-order valence-electron chi connectivity index (χ0n) is 7.34. The van der Waals surface area contributed by atoms with Crippen LogP contribution >= 0.6 is 11.3 Å². The summed E-state index contributed by atoms with van der Waals surface area (Å²) in [7, 11) is 0.507. The summed E-state index contributed by atoms with van der Waals surface area (Å²) in [6.45, 7) is 6.92. The van der Waals surface area contributed by atoms with Gasteiger partial charge in [-0.05, 0) is 0 Å². The molecule has 11 heavy (non-hydrogen) atoms. The Bertz CT molecular complexity index is 241. The molecule has 0 N–H and O–H groups in total. The molecule has 0 saturated carbocycles. The van der Waals surface area contributed by atoms with Gasteiger partial charge in [0.05, 0.1) is 15.2 Å². The average molecular weight is 187 g/mol. The molecular weight excluding hydrogens is 174 g/mol. The maximum Gasteiger partial charge on any atom is 0.272 e. The molecule has 0 spiro atoms. The van der Waals surface area contributed by atoms with E-state index in [0.717, 1.165) is 5.19 Å². The fourth-order valence-electron chi connectivity index (χ4n) is 0.699. The van der Waals surface area contributed by atoms with Gasteiger partial charge in [0, 0.05) is 10.7 Å². The minimum absolute atomic E-state index is 0.780. The first-order valence-corrected chi connectivity index (χ1v) is 7.86. The molecule has 62 valence electrons. The molecule has 1 heterocycles. The first kappa shape index (κ1) is 8.74. The second-order valence-corrected chi connectivity index (χ2v) is 9.84. The van der Waals surface area contributed by atoms with Crippen LogP contribution in [0.3, 0.4) is 0 Å². The van der Waals surface area contributed by atoms with Gasteiger partial charge in [-0.1, -0.05) is 31.0 Å². The van der Waals surface area contributed by atoms with E-state index in [1.54, 1.807) is 18.4 Å². The van der Waals surface area contributed by atoms with Crippen LogP contribution in [0, 0.1) is 0 Å². The summed E-state index contributed by atoms with van der Waals surface area (Å²) >= 11 is 1.67. The number of ether oxygens (including phenoxy) is 1. The second kappa shape index (κ2) is 2.95. The molecule has 0 radical (unpaired) electrons. The molecule has 1 aromatic rings. The quantitative estimate of drug-likeness (QED) is 0.657. The first-order chi connectivity index (χ1) is 5.04. The fourth-order valence-corrected chi connectivity index (χ4v) is 3.12. The van der Waals surface area contributed by atoms with Gasteiger partial charge in [0.1, 0.15) is 0 Å². The van der Waals surface area contributed by atoms with Crippen molar-refractivity contribution < 1.29 is 4.74 Å². The van der Waals surface area contributed by atoms with Crippen molar-refractivity contribution in [2.45, 2.75) is 19.6 Å². The Morgan fingerprint density at radius 2 is 2.09 bits per heavy atom. The highest BCUT2D eigenvalue weighted by atomic mass is 32.1. The van der Waals surface area contributed by atoms with Gasteiger partial charge in [0.25, 0.3) is 5.19 Å². The summed E-state index contributed by atoms with van der Waals surface area (Å²) in [6, 6.07) is 0. The monoisotopic (exact) mass is 187 g/mol. The molecule has 0 aliphatic carbocycles. The standard InChI is InChI=1S/C7H13NOSSi/c1-9-7-8-5-6(10-7)11(2,3)4/h5H,1-4H3. The molecule has 4 heteroatoms. The van der Waals surface area contributed by atoms with Crippen LogP contribution in [-0.2, 0) is 0 Å². The van der Waals surface area contributed by atoms with E-state index in [9.17, 15) is 0 Å². The lowest BCUT2D eigenvalue weighted by Gasteiger charge is -2.10. The van der Waals surface area contributed by atoms with Crippen LogP contribution in [0.1, 0.15) is 0 Å². The van der Waals surface area contributed by atoms with E-state index < -0.39 is 8.07 Å². The minimum atomic E-state index is -1.15. The Hall–Kier alpha value is -0.353. The number of methoxy groups -OCH3 is 1. The molecule has 0 aliphatic heterocycles. The zero-order chi connectivity index (χ0) is 8.48. The summed E-state index contributed by atoms with van der Waals surface area (Å²) in [5, 5.41) is 0.780. The molecule has 0 fully saturated rings. The smallest absolute Gasteiger partial charge is 0.272 e. The molecule has 0 bridgehead atoms. The topological polar surface area (TPSA) is 22.1 Å². The van der Waals surface area contributed by atoms with Gasteiger partial charge < -0.3 is 4.74 Å². The third-order valence-corrected chi connectivity index (χ3v) is 5.92. The van der Waals surface area contributed by atoms with Crippen LogP contribution < -0.4 is 9.24 Å². The lowest BCUT2D eigenvalue weighted by atomic mass is 11.0. The van der Waals surface area contributed by atoms with Gasteiger partial charge >= 0.3 is 0 Å². The van der Waals surface area contributed by atoms with Gasteiger partial charge in [-0.25, -0.2) is 4.98 Å². The number of rotatable bonds is 2. The van der Waals surface area contributed by atoms with Crippen LogP contribution in [0.25, 0.3) is 0 Å². The van der Waals surface area contributed by atoms with Crippen molar-refractivity contribution in [3.8, 4) is 5.19 Å². The molecule has 0 aromatic carbocycles. The maximum absolute atomic E-state index is 5.02. The predicted molar refractivity (Wildman–Crippen MR) is 51.6 cm³/mol. The van der Waals surface area contributed by atoms with Crippen LogP contribution in [0.5, 0.6) is 5.19 Å². The van der Waals surface area contributed by atoms with E-state index >= 15 is 0 Å². The maximum atomic E-state index is 5.02. The summed E-state index contributed by atoms with van der Waals surface area (Å²) in [6.07, 6.45) is 1.94. The highest BCUT2D eigenvalue weighted by Crippen LogP contribution is 2.15. The highest BCUT2D eigenvalue weighted by Gasteiger charge is 2.19. The van der Waals surface area contributed by atoms with Crippen molar-refractivity contribution >= 4 is 23.9 Å². The van der Waals surface area contributed by atoms with Crippen molar-refractivity contribution in [2.24, 2.45) is 0 Å². The number of aromatic nitrogens is 1. The van der Waals surface area contributed by atoms with Crippen LogP contribution in [-0.4, -0.2) is 20.2 Å². The zero-order valence-corrected chi connectivity index (χ0v) is 9.16. The van der Waals surface area contributed by atoms with Gasteiger partial charge in [0.2, 0.25) is 0 Å². The van der Waals surface area contributed by atoms with Crippen LogP contribution in [0.2, 0.25) is 19.6 Å². The molecule has 0 unspecified atom stereocenters. The first-order valence-electron chi connectivity index (χ1n) is 3.54. The fraction of sp³-hybridized carbons (Fsp3) is 0.571. The molecule has 0 aliphatic rings. The Balaban J connectivity index is 2.89. The van der Waals surface area contributed by atoms with E-state index in [2.05, 4.69) is 24.6 Å².